The molecule has 2 amide bonds. The number of amides is 2. The maximum absolute atomic E-state index is 12.1. The Morgan fingerprint density at radius 1 is 1.30 bits per heavy atom. The minimum atomic E-state index is -0.746. The smallest absolute Gasteiger partial charge is 0.317 e. The van der Waals surface area contributed by atoms with E-state index in [9.17, 15) is 9.59 Å². The van der Waals surface area contributed by atoms with Crippen LogP contribution in [-0.4, -0.2) is 40.6 Å². The van der Waals surface area contributed by atoms with Gasteiger partial charge in [-0.1, -0.05) is 13.3 Å². The molecule has 20 heavy (non-hydrogen) atoms. The molecule has 5 heteroatoms. The molecule has 3 unspecified atom stereocenters. The summed E-state index contributed by atoms with van der Waals surface area (Å²) in [5, 5.41) is 11.8. The van der Waals surface area contributed by atoms with Gasteiger partial charge in [0, 0.05) is 18.6 Å². The molecule has 1 saturated heterocycles. The number of aliphatic carboxylic acids is 1. The molecular formula is C15H28N2O3. The summed E-state index contributed by atoms with van der Waals surface area (Å²) in [6.45, 7) is 6.65. The number of carbonyl (C=O) groups excluding carboxylic acids is 1. The van der Waals surface area contributed by atoms with Crippen LogP contribution in [0.15, 0.2) is 0 Å². The van der Waals surface area contributed by atoms with Crippen molar-refractivity contribution in [3.8, 4) is 0 Å². The minimum absolute atomic E-state index is 0.0241. The summed E-state index contributed by atoms with van der Waals surface area (Å²) in [5.41, 5.74) is 0. The van der Waals surface area contributed by atoms with Crippen LogP contribution in [-0.2, 0) is 4.79 Å². The fourth-order valence-corrected chi connectivity index (χ4v) is 2.62. The molecule has 1 rings (SSSR count). The summed E-state index contributed by atoms with van der Waals surface area (Å²) < 4.78 is 0. The van der Waals surface area contributed by atoms with Crippen LogP contribution < -0.4 is 5.32 Å². The first-order chi connectivity index (χ1) is 9.41. The van der Waals surface area contributed by atoms with Crippen molar-refractivity contribution in [2.45, 2.75) is 71.4 Å². The van der Waals surface area contributed by atoms with Gasteiger partial charge in [-0.3, -0.25) is 4.79 Å². The van der Waals surface area contributed by atoms with Gasteiger partial charge in [0.05, 0.1) is 5.92 Å². The van der Waals surface area contributed by atoms with E-state index in [0.29, 0.717) is 12.5 Å². The fraction of sp³-hybridized carbons (Fsp3) is 0.867. The molecule has 0 aromatic carbocycles. The van der Waals surface area contributed by atoms with E-state index >= 15 is 0 Å². The Morgan fingerprint density at radius 3 is 2.60 bits per heavy atom. The lowest BCUT2D eigenvalue weighted by atomic mass is 10.0. The summed E-state index contributed by atoms with van der Waals surface area (Å²) in [6, 6.07) is 0.441. The number of carbonyl (C=O) groups is 2. The lowest BCUT2D eigenvalue weighted by Crippen LogP contribution is -2.49. The highest BCUT2D eigenvalue weighted by Crippen LogP contribution is 2.16. The van der Waals surface area contributed by atoms with Crippen LogP contribution in [0.25, 0.3) is 0 Å². The van der Waals surface area contributed by atoms with Gasteiger partial charge < -0.3 is 15.3 Å². The van der Waals surface area contributed by atoms with Crippen LogP contribution in [0, 0.1) is 5.92 Å². The van der Waals surface area contributed by atoms with Crippen LogP contribution >= 0.6 is 0 Å². The number of nitrogens with zero attached hydrogens (tertiary/aromatic N) is 1. The molecule has 0 aliphatic carbocycles. The molecule has 1 fully saturated rings. The lowest BCUT2D eigenvalue weighted by molar-refractivity contribution is -0.141. The summed E-state index contributed by atoms with van der Waals surface area (Å²) in [4.78, 5) is 24.8. The van der Waals surface area contributed by atoms with Crippen molar-refractivity contribution in [1.82, 2.24) is 10.2 Å². The van der Waals surface area contributed by atoms with Gasteiger partial charge in [0.2, 0.25) is 0 Å². The highest BCUT2D eigenvalue weighted by Gasteiger charge is 2.23. The molecule has 0 bridgehead atoms. The molecule has 1 aliphatic heterocycles. The molecule has 1 heterocycles. The third-order valence-electron chi connectivity index (χ3n) is 4.13. The van der Waals surface area contributed by atoms with E-state index in [2.05, 4.69) is 12.2 Å². The fourth-order valence-electron chi connectivity index (χ4n) is 2.62. The number of piperidine rings is 1. The SMILES string of the molecule is CC(CCCC(C)C(=O)O)NC(=O)N1CCCCC1C. The van der Waals surface area contributed by atoms with Crippen molar-refractivity contribution in [2.75, 3.05) is 6.54 Å². The first-order valence-electron chi connectivity index (χ1n) is 7.71. The van der Waals surface area contributed by atoms with Gasteiger partial charge in [0.15, 0.2) is 0 Å². The van der Waals surface area contributed by atoms with Crippen molar-refractivity contribution < 1.29 is 14.7 Å². The van der Waals surface area contributed by atoms with Crippen LogP contribution in [0.1, 0.15) is 59.3 Å². The van der Waals surface area contributed by atoms with Crippen LogP contribution in [0.5, 0.6) is 0 Å². The number of carboxylic acid groups (broad SMARTS) is 1. The van der Waals surface area contributed by atoms with Gasteiger partial charge in [-0.15, -0.1) is 0 Å². The molecular weight excluding hydrogens is 256 g/mol. The Kier molecular flexibility index (Phi) is 6.82. The van der Waals surface area contributed by atoms with E-state index in [1.165, 1.54) is 6.42 Å². The Labute approximate surface area is 121 Å². The first-order valence-corrected chi connectivity index (χ1v) is 7.71. The molecule has 3 atom stereocenters. The molecule has 0 aromatic heterocycles. The Morgan fingerprint density at radius 2 is 2.00 bits per heavy atom. The zero-order valence-corrected chi connectivity index (χ0v) is 12.9. The van der Waals surface area contributed by atoms with Crippen LogP contribution in [0.2, 0.25) is 0 Å². The van der Waals surface area contributed by atoms with Crippen LogP contribution in [0.4, 0.5) is 4.79 Å². The molecule has 5 nitrogen and oxygen atoms in total. The normalized spacial score (nSPS) is 22.1. The van der Waals surface area contributed by atoms with E-state index in [4.69, 9.17) is 5.11 Å². The highest BCUT2D eigenvalue weighted by molar-refractivity contribution is 5.74. The number of hydrogen-bond acceptors (Lipinski definition) is 2. The molecule has 1 aliphatic rings. The van der Waals surface area contributed by atoms with Crippen molar-refractivity contribution in [1.29, 1.82) is 0 Å². The van der Waals surface area contributed by atoms with Crippen molar-refractivity contribution >= 4 is 12.0 Å². The van der Waals surface area contributed by atoms with Gasteiger partial charge in [0.1, 0.15) is 0 Å². The number of rotatable bonds is 6. The summed E-state index contributed by atoms with van der Waals surface area (Å²) in [5.74, 6) is -1.05. The van der Waals surface area contributed by atoms with Gasteiger partial charge in [0.25, 0.3) is 0 Å². The molecule has 116 valence electrons. The Hall–Kier alpha value is -1.26. The van der Waals surface area contributed by atoms with E-state index < -0.39 is 5.97 Å². The zero-order chi connectivity index (χ0) is 15.1. The Balaban J connectivity index is 2.25. The average Bonchev–Trinajstić information content (AvgIpc) is 2.38. The van der Waals surface area contributed by atoms with Gasteiger partial charge in [-0.2, -0.15) is 0 Å². The largest absolute Gasteiger partial charge is 0.481 e. The Bertz CT molecular complexity index is 333. The van der Waals surface area contributed by atoms with Crippen molar-refractivity contribution in [3.05, 3.63) is 0 Å². The van der Waals surface area contributed by atoms with Gasteiger partial charge in [-0.25, -0.2) is 4.79 Å². The van der Waals surface area contributed by atoms with E-state index in [-0.39, 0.29) is 18.0 Å². The average molecular weight is 284 g/mol. The second kappa shape index (κ2) is 8.12. The van der Waals surface area contributed by atoms with Crippen molar-refractivity contribution in [2.24, 2.45) is 5.92 Å². The van der Waals surface area contributed by atoms with Gasteiger partial charge >= 0.3 is 12.0 Å². The number of likely N-dealkylation sites (tertiary alicyclic amines) is 1. The predicted molar refractivity (Wildman–Crippen MR) is 78.7 cm³/mol. The van der Waals surface area contributed by atoms with Crippen molar-refractivity contribution in [3.63, 3.8) is 0 Å². The standard InChI is InChI=1S/C15H28N2O3/c1-11(14(18)19)7-6-8-12(2)16-15(20)17-10-5-4-9-13(17)3/h11-13H,4-10H2,1-3H3,(H,16,20)(H,18,19). The number of carboxylic acids is 1. The molecule has 0 radical (unpaired) electrons. The molecule has 0 spiro atoms. The van der Waals surface area contributed by atoms with Gasteiger partial charge in [-0.05, 0) is 46.0 Å². The predicted octanol–water partition coefficient (Wildman–Crippen LogP) is 2.85. The minimum Gasteiger partial charge on any atom is -0.481 e. The first kappa shape index (κ1) is 16.8. The maximum atomic E-state index is 12.1. The lowest BCUT2D eigenvalue weighted by Gasteiger charge is -2.34. The van der Waals surface area contributed by atoms with Crippen LogP contribution in [0.3, 0.4) is 0 Å². The molecule has 0 aromatic rings. The number of nitrogens with one attached hydrogen (secondary N) is 1. The highest BCUT2D eigenvalue weighted by atomic mass is 16.4. The third kappa shape index (κ3) is 5.39. The van der Waals surface area contributed by atoms with E-state index in [1.807, 2.05) is 11.8 Å². The summed E-state index contributed by atoms with van der Waals surface area (Å²) in [6.07, 6.45) is 5.68. The number of hydrogen-bond donors (Lipinski definition) is 2. The number of urea groups is 1. The molecule has 0 saturated carbocycles. The quantitative estimate of drug-likeness (QED) is 0.788. The second-order valence-corrected chi connectivity index (χ2v) is 6.06. The zero-order valence-electron chi connectivity index (χ0n) is 12.9. The third-order valence-corrected chi connectivity index (χ3v) is 4.13. The molecule has 2 N–H and O–H groups in total. The second-order valence-electron chi connectivity index (χ2n) is 6.06. The van der Waals surface area contributed by atoms with E-state index in [1.54, 1.807) is 6.92 Å². The monoisotopic (exact) mass is 284 g/mol. The summed E-state index contributed by atoms with van der Waals surface area (Å²) in [7, 11) is 0. The topological polar surface area (TPSA) is 69.6 Å². The van der Waals surface area contributed by atoms with E-state index in [0.717, 1.165) is 32.2 Å². The summed E-state index contributed by atoms with van der Waals surface area (Å²) >= 11 is 0. The maximum Gasteiger partial charge on any atom is 0.317 e.